The monoisotopic (exact) mass is 404 g/mol. The lowest BCUT2D eigenvalue weighted by molar-refractivity contribution is -0.139. The molecule has 152 valence electrons. The van der Waals surface area contributed by atoms with Gasteiger partial charge in [-0.05, 0) is 41.5 Å². The van der Waals surface area contributed by atoms with Gasteiger partial charge in [-0.2, -0.15) is 5.10 Å². The molecule has 0 radical (unpaired) electrons. The van der Waals surface area contributed by atoms with Crippen molar-refractivity contribution in [2.24, 2.45) is 5.10 Å². The molecular weight excluding hydrogens is 384 g/mol. The van der Waals surface area contributed by atoms with Gasteiger partial charge in [0.05, 0.1) is 6.21 Å². The Morgan fingerprint density at radius 1 is 0.867 bits per heavy atom. The molecule has 3 aromatic rings. The van der Waals surface area contributed by atoms with Gasteiger partial charge in [0.2, 0.25) is 0 Å². The number of rotatable bonds is 9. The Kier molecular flexibility index (Phi) is 7.16. The summed E-state index contributed by atoms with van der Waals surface area (Å²) in [7, 11) is 0. The Balaban J connectivity index is 1.50. The second kappa shape index (κ2) is 10.4. The van der Waals surface area contributed by atoms with Crippen molar-refractivity contribution in [1.82, 2.24) is 5.43 Å². The van der Waals surface area contributed by atoms with E-state index in [1.165, 1.54) is 6.21 Å². The van der Waals surface area contributed by atoms with Crippen LogP contribution in [0.2, 0.25) is 0 Å². The second-order valence-corrected chi connectivity index (χ2v) is 6.20. The van der Waals surface area contributed by atoms with Crippen LogP contribution in [0, 0.1) is 0 Å². The van der Waals surface area contributed by atoms with Crippen LogP contribution >= 0.6 is 0 Å². The van der Waals surface area contributed by atoms with Gasteiger partial charge >= 0.3 is 5.97 Å². The minimum Gasteiger partial charge on any atom is -0.483 e. The molecule has 0 spiro atoms. The Morgan fingerprint density at radius 2 is 1.57 bits per heavy atom. The predicted octanol–water partition coefficient (Wildman–Crippen LogP) is 3.35. The summed E-state index contributed by atoms with van der Waals surface area (Å²) in [5.74, 6) is -0.392. The van der Waals surface area contributed by atoms with Crippen molar-refractivity contribution in [3.63, 3.8) is 0 Å². The van der Waals surface area contributed by atoms with E-state index < -0.39 is 18.5 Å². The molecule has 0 fully saturated rings. The molecule has 0 bridgehead atoms. The highest BCUT2D eigenvalue weighted by atomic mass is 16.5. The topological polar surface area (TPSA) is 97.2 Å². The number of nitrogens with zero attached hydrogens (tertiary/aromatic N) is 1. The number of amides is 1. The maximum absolute atomic E-state index is 12.0. The zero-order chi connectivity index (χ0) is 21.2. The van der Waals surface area contributed by atoms with Gasteiger partial charge in [0.15, 0.2) is 13.2 Å². The molecule has 0 atom stereocenters. The van der Waals surface area contributed by atoms with Gasteiger partial charge in [0.1, 0.15) is 11.5 Å². The average molecular weight is 404 g/mol. The summed E-state index contributed by atoms with van der Waals surface area (Å²) in [6, 6.07) is 23.9. The number of nitrogens with one attached hydrogen (secondary N) is 1. The van der Waals surface area contributed by atoms with Crippen LogP contribution in [0.1, 0.15) is 5.56 Å². The molecule has 0 saturated carbocycles. The van der Waals surface area contributed by atoms with Gasteiger partial charge in [-0.1, -0.05) is 48.5 Å². The van der Waals surface area contributed by atoms with Crippen molar-refractivity contribution < 1.29 is 24.2 Å². The zero-order valence-corrected chi connectivity index (χ0v) is 16.0. The molecule has 0 heterocycles. The van der Waals surface area contributed by atoms with E-state index in [1.807, 2.05) is 54.6 Å². The maximum Gasteiger partial charge on any atom is 0.341 e. The SMILES string of the molecule is O=C(O)COc1ccc(/C=N\NC(=O)COc2ccccc2-c2ccccc2)cc1. The van der Waals surface area contributed by atoms with Gasteiger partial charge in [0, 0.05) is 5.56 Å². The van der Waals surface area contributed by atoms with Gasteiger partial charge < -0.3 is 14.6 Å². The first-order valence-corrected chi connectivity index (χ1v) is 9.15. The first-order chi connectivity index (χ1) is 14.6. The van der Waals surface area contributed by atoms with E-state index in [2.05, 4.69) is 10.5 Å². The Hall–Kier alpha value is -4.13. The number of para-hydroxylation sites is 1. The smallest absolute Gasteiger partial charge is 0.341 e. The second-order valence-electron chi connectivity index (χ2n) is 6.20. The number of ether oxygens (including phenoxy) is 2. The molecule has 0 saturated heterocycles. The maximum atomic E-state index is 12.0. The first kappa shape index (κ1) is 20.6. The molecule has 0 aromatic heterocycles. The standard InChI is InChI=1S/C23H20N2O5/c26-22(25-24-14-17-10-12-19(13-11-17)29-16-23(27)28)15-30-21-9-5-4-8-20(21)18-6-2-1-3-7-18/h1-14H,15-16H2,(H,25,26)(H,27,28)/b24-14-. The summed E-state index contributed by atoms with van der Waals surface area (Å²) in [5, 5.41) is 12.5. The Morgan fingerprint density at radius 3 is 2.30 bits per heavy atom. The zero-order valence-electron chi connectivity index (χ0n) is 16.0. The fourth-order valence-corrected chi connectivity index (χ4v) is 2.60. The minimum absolute atomic E-state index is 0.177. The highest BCUT2D eigenvalue weighted by Gasteiger charge is 2.07. The van der Waals surface area contributed by atoms with Crippen molar-refractivity contribution in [2.75, 3.05) is 13.2 Å². The number of aliphatic carboxylic acids is 1. The Bertz CT molecular complexity index is 1020. The van der Waals surface area contributed by atoms with Crippen molar-refractivity contribution >= 4 is 18.1 Å². The van der Waals surface area contributed by atoms with Crippen LogP contribution in [0.15, 0.2) is 84.0 Å². The van der Waals surface area contributed by atoms with Gasteiger partial charge in [0.25, 0.3) is 5.91 Å². The lowest BCUT2D eigenvalue weighted by Crippen LogP contribution is -2.24. The molecule has 3 aromatic carbocycles. The van der Waals surface area contributed by atoms with Crippen LogP contribution in [0.3, 0.4) is 0 Å². The minimum atomic E-state index is -1.04. The predicted molar refractivity (Wildman–Crippen MR) is 113 cm³/mol. The van der Waals surface area contributed by atoms with Crippen LogP contribution in [0.5, 0.6) is 11.5 Å². The average Bonchev–Trinajstić information content (AvgIpc) is 2.78. The van der Waals surface area contributed by atoms with Crippen LogP contribution in [-0.2, 0) is 9.59 Å². The molecule has 7 nitrogen and oxygen atoms in total. The van der Waals surface area contributed by atoms with E-state index in [-0.39, 0.29) is 6.61 Å². The number of carboxylic acids is 1. The number of benzene rings is 3. The fourth-order valence-electron chi connectivity index (χ4n) is 2.60. The van der Waals surface area contributed by atoms with Gasteiger partial charge in [-0.25, -0.2) is 10.2 Å². The van der Waals surface area contributed by atoms with Crippen LogP contribution in [0.25, 0.3) is 11.1 Å². The number of hydrogen-bond acceptors (Lipinski definition) is 5. The lowest BCUT2D eigenvalue weighted by Gasteiger charge is -2.10. The molecule has 0 aliphatic carbocycles. The number of carboxylic acid groups (broad SMARTS) is 1. The van der Waals surface area contributed by atoms with Crippen molar-refractivity contribution in [2.45, 2.75) is 0 Å². The molecule has 7 heteroatoms. The highest BCUT2D eigenvalue weighted by Crippen LogP contribution is 2.29. The van der Waals surface area contributed by atoms with Crippen LogP contribution < -0.4 is 14.9 Å². The summed E-state index contributed by atoms with van der Waals surface area (Å²) in [5.41, 5.74) is 5.03. The third-order valence-corrected chi connectivity index (χ3v) is 3.98. The van der Waals surface area contributed by atoms with E-state index in [0.717, 1.165) is 11.1 Å². The third-order valence-electron chi connectivity index (χ3n) is 3.98. The van der Waals surface area contributed by atoms with Crippen molar-refractivity contribution in [3.8, 4) is 22.6 Å². The Labute approximate surface area is 173 Å². The summed E-state index contributed by atoms with van der Waals surface area (Å²) in [4.78, 5) is 22.5. The number of carbonyl (C=O) groups excluding carboxylic acids is 1. The first-order valence-electron chi connectivity index (χ1n) is 9.15. The van der Waals surface area contributed by atoms with E-state index in [9.17, 15) is 9.59 Å². The molecule has 0 unspecified atom stereocenters. The van der Waals surface area contributed by atoms with Gasteiger partial charge in [-0.3, -0.25) is 4.79 Å². The van der Waals surface area contributed by atoms with Crippen molar-refractivity contribution in [1.29, 1.82) is 0 Å². The molecule has 0 aliphatic heterocycles. The van der Waals surface area contributed by atoms with Crippen LogP contribution in [0.4, 0.5) is 0 Å². The molecule has 3 rings (SSSR count). The summed E-state index contributed by atoms with van der Waals surface area (Å²) < 4.78 is 10.7. The molecule has 1 amide bonds. The summed E-state index contributed by atoms with van der Waals surface area (Å²) in [6.45, 7) is -0.583. The van der Waals surface area contributed by atoms with Crippen molar-refractivity contribution in [3.05, 3.63) is 84.4 Å². The van der Waals surface area contributed by atoms with E-state index in [0.29, 0.717) is 17.1 Å². The molecule has 2 N–H and O–H groups in total. The highest BCUT2D eigenvalue weighted by molar-refractivity contribution is 5.83. The molecular formula is C23H20N2O5. The number of carbonyl (C=O) groups is 2. The normalized spacial score (nSPS) is 10.5. The lowest BCUT2D eigenvalue weighted by atomic mass is 10.1. The molecule has 0 aliphatic rings. The molecule has 30 heavy (non-hydrogen) atoms. The summed E-state index contributed by atoms with van der Waals surface area (Å²) >= 11 is 0. The van der Waals surface area contributed by atoms with E-state index in [4.69, 9.17) is 14.6 Å². The van der Waals surface area contributed by atoms with Gasteiger partial charge in [-0.15, -0.1) is 0 Å². The largest absolute Gasteiger partial charge is 0.483 e. The van der Waals surface area contributed by atoms with Crippen LogP contribution in [-0.4, -0.2) is 36.4 Å². The third kappa shape index (κ3) is 6.20. The fraction of sp³-hybridized carbons (Fsp3) is 0.0870. The quantitative estimate of drug-likeness (QED) is 0.421. The van der Waals surface area contributed by atoms with E-state index >= 15 is 0 Å². The summed E-state index contributed by atoms with van der Waals surface area (Å²) in [6.07, 6.45) is 1.47. The number of hydrogen-bond donors (Lipinski definition) is 2. The number of hydrazone groups is 1. The van der Waals surface area contributed by atoms with E-state index in [1.54, 1.807) is 24.3 Å².